The minimum absolute atomic E-state index is 0.0926. The summed E-state index contributed by atoms with van der Waals surface area (Å²) in [6, 6.07) is 16.9. The van der Waals surface area contributed by atoms with Gasteiger partial charge in [-0.2, -0.15) is 8.42 Å². The van der Waals surface area contributed by atoms with Gasteiger partial charge >= 0.3 is 5.97 Å². The van der Waals surface area contributed by atoms with E-state index in [1.54, 1.807) is 29.8 Å². The number of aryl methyl sites for hydroxylation is 2. The highest BCUT2D eigenvalue weighted by molar-refractivity contribution is 7.92. The molecule has 0 saturated carbocycles. The van der Waals surface area contributed by atoms with Crippen LogP contribution in [-0.2, 0) is 37.8 Å². The van der Waals surface area contributed by atoms with Crippen LogP contribution in [0.4, 0.5) is 5.69 Å². The highest BCUT2D eigenvalue weighted by Gasteiger charge is 2.51. The number of cyclic esters (lactones) is 1. The lowest BCUT2D eigenvalue weighted by molar-refractivity contribution is -0.174. The van der Waals surface area contributed by atoms with E-state index in [1.165, 1.54) is 12.5 Å². The zero-order valence-electron chi connectivity index (χ0n) is 23.8. The number of rotatable bonds is 10. The van der Waals surface area contributed by atoms with Crippen LogP contribution in [0.2, 0.25) is 0 Å². The van der Waals surface area contributed by atoms with Crippen LogP contribution in [0.3, 0.4) is 0 Å². The number of carbonyl (C=O) groups excluding carboxylic acids is 2. The van der Waals surface area contributed by atoms with Crippen molar-refractivity contribution in [3.8, 4) is 0 Å². The molecular weight excluding hydrogens is 526 g/mol. The normalized spacial score (nSPS) is 20.7. The monoisotopic (exact) mass is 565 g/mol. The smallest absolute Gasteiger partial charge is 0.317 e. The molecular formula is C31H39N3O5S. The van der Waals surface area contributed by atoms with Gasteiger partial charge in [0.1, 0.15) is 12.0 Å². The second kappa shape index (κ2) is 12.0. The van der Waals surface area contributed by atoms with Crippen molar-refractivity contribution in [2.75, 3.05) is 4.72 Å². The summed E-state index contributed by atoms with van der Waals surface area (Å²) in [6.45, 7) is 7.98. The number of aromatic nitrogens is 2. The molecule has 0 aliphatic carbocycles. The molecule has 214 valence electrons. The largest absolute Gasteiger partial charge is 0.461 e. The predicted molar refractivity (Wildman–Crippen MR) is 154 cm³/mol. The zero-order chi connectivity index (χ0) is 29.1. The Balaban J connectivity index is 1.66. The van der Waals surface area contributed by atoms with Crippen LogP contribution < -0.4 is 4.72 Å². The van der Waals surface area contributed by atoms with E-state index >= 15 is 0 Å². The molecule has 0 bridgehead atoms. The fraction of sp³-hybridized carbons (Fsp3) is 0.452. The molecule has 1 fully saturated rings. The maximum Gasteiger partial charge on any atom is 0.317 e. The van der Waals surface area contributed by atoms with Crippen LogP contribution >= 0.6 is 0 Å². The molecule has 0 spiro atoms. The molecule has 4 atom stereocenters. The van der Waals surface area contributed by atoms with E-state index in [2.05, 4.69) is 9.71 Å². The van der Waals surface area contributed by atoms with Crippen molar-refractivity contribution < 1.29 is 22.7 Å². The van der Waals surface area contributed by atoms with Crippen molar-refractivity contribution in [1.29, 1.82) is 0 Å². The highest BCUT2D eigenvalue weighted by Crippen LogP contribution is 2.46. The number of sulfonamides is 1. The van der Waals surface area contributed by atoms with Crippen molar-refractivity contribution in [1.82, 2.24) is 9.55 Å². The summed E-state index contributed by atoms with van der Waals surface area (Å²) in [5.41, 5.74) is 1.66. The number of nitrogens with one attached hydrogen (secondary N) is 1. The Labute approximate surface area is 237 Å². The molecule has 3 unspecified atom stereocenters. The first kappa shape index (κ1) is 29.5. The molecule has 1 N–H and O–H groups in total. The summed E-state index contributed by atoms with van der Waals surface area (Å²) in [5, 5.41) is -0.0953. The van der Waals surface area contributed by atoms with Crippen LogP contribution in [0, 0.1) is 17.3 Å². The van der Waals surface area contributed by atoms with Crippen molar-refractivity contribution in [3.05, 3.63) is 78.2 Å². The molecule has 1 aliphatic heterocycles. The van der Waals surface area contributed by atoms with Gasteiger partial charge in [0.2, 0.25) is 0 Å². The maximum atomic E-state index is 14.2. The first-order valence-corrected chi connectivity index (χ1v) is 15.3. The lowest BCUT2D eigenvalue weighted by atomic mass is 9.65. The van der Waals surface area contributed by atoms with Gasteiger partial charge in [-0.3, -0.25) is 14.3 Å². The second-order valence-electron chi connectivity index (χ2n) is 11.7. The number of ether oxygens (including phenoxy) is 1. The molecule has 2 aromatic carbocycles. The van der Waals surface area contributed by atoms with E-state index in [0.717, 1.165) is 12.0 Å². The van der Waals surface area contributed by atoms with E-state index in [9.17, 15) is 18.0 Å². The summed E-state index contributed by atoms with van der Waals surface area (Å²) in [7, 11) is -2.22. The van der Waals surface area contributed by atoms with Crippen LogP contribution in [0.1, 0.15) is 64.0 Å². The third-order valence-electron chi connectivity index (χ3n) is 7.52. The Kier molecular flexibility index (Phi) is 8.83. The first-order valence-electron chi connectivity index (χ1n) is 13.8. The molecule has 40 heavy (non-hydrogen) atoms. The van der Waals surface area contributed by atoms with Crippen LogP contribution in [0.5, 0.6) is 0 Å². The summed E-state index contributed by atoms with van der Waals surface area (Å²) >= 11 is 0. The molecule has 1 aliphatic rings. The van der Waals surface area contributed by atoms with Gasteiger partial charge in [-0.25, -0.2) is 4.98 Å². The Bertz CT molecular complexity index is 1440. The Morgan fingerprint density at radius 2 is 1.77 bits per heavy atom. The summed E-state index contributed by atoms with van der Waals surface area (Å²) in [6.07, 6.45) is 5.14. The summed E-state index contributed by atoms with van der Waals surface area (Å²) < 4.78 is 36.0. The summed E-state index contributed by atoms with van der Waals surface area (Å²) in [5.74, 6) is -2.51. The van der Waals surface area contributed by atoms with E-state index in [-0.39, 0.29) is 10.8 Å². The number of esters is 1. The number of nitrogens with zero attached hydrogens (tertiary/aromatic N) is 2. The van der Waals surface area contributed by atoms with Crippen molar-refractivity contribution in [2.45, 2.75) is 70.4 Å². The van der Waals surface area contributed by atoms with Gasteiger partial charge in [0.15, 0.2) is 10.8 Å². The molecule has 4 rings (SSSR count). The quantitative estimate of drug-likeness (QED) is 0.257. The zero-order valence-corrected chi connectivity index (χ0v) is 24.6. The van der Waals surface area contributed by atoms with Gasteiger partial charge in [0.25, 0.3) is 10.0 Å². The molecule has 1 aromatic heterocycles. The third-order valence-corrected chi connectivity index (χ3v) is 8.79. The average molecular weight is 566 g/mol. The van der Waals surface area contributed by atoms with Crippen LogP contribution in [0.25, 0.3) is 0 Å². The van der Waals surface area contributed by atoms with E-state index in [4.69, 9.17) is 4.74 Å². The lowest BCUT2D eigenvalue weighted by Crippen LogP contribution is -2.50. The minimum atomic E-state index is -3.91. The second-order valence-corrected chi connectivity index (χ2v) is 13.4. The number of hydrogen-bond acceptors (Lipinski definition) is 6. The van der Waals surface area contributed by atoms with Gasteiger partial charge < -0.3 is 9.30 Å². The average Bonchev–Trinajstić information content (AvgIpc) is 3.33. The van der Waals surface area contributed by atoms with Gasteiger partial charge in [-0.15, -0.1) is 0 Å². The highest BCUT2D eigenvalue weighted by atomic mass is 32.2. The number of hydrogen-bond donors (Lipinski definition) is 1. The fourth-order valence-electron chi connectivity index (χ4n) is 5.70. The fourth-order valence-corrected chi connectivity index (χ4v) is 6.73. The molecule has 0 radical (unpaired) electrons. The Morgan fingerprint density at radius 1 is 1.05 bits per heavy atom. The standard InChI is InChI=1S/C31H39N3O5S/c1-6-11-25-24(17-16-21-12-8-7-9-13-21)29(35)27(30(36)39-25)28(31(2,3)4)22-14-10-15-23(18-22)33-40(37,38)26-19-34(5)20-32-26/h7-10,12-15,18-20,24-25,27-28,33H,6,11,16-17H2,1-5H3/t24?,25-,27?,28?/m1/s1. The van der Waals surface area contributed by atoms with E-state index in [0.29, 0.717) is 30.5 Å². The van der Waals surface area contributed by atoms with Crippen molar-refractivity contribution in [2.24, 2.45) is 24.3 Å². The van der Waals surface area contributed by atoms with Gasteiger partial charge in [-0.05, 0) is 47.9 Å². The van der Waals surface area contributed by atoms with E-state index < -0.39 is 45.3 Å². The molecule has 0 amide bonds. The SMILES string of the molecule is CCC[C@H]1OC(=O)C(C(c2cccc(NS(=O)(=O)c3cn(C)cn3)c2)C(C)(C)C)C(=O)C1CCc1ccccc1. The third kappa shape index (κ3) is 6.63. The number of Topliss-reactive ketones (excluding diaryl/α,β-unsaturated/α-hetero) is 1. The molecule has 2 heterocycles. The number of ketones is 1. The Morgan fingerprint density at radius 3 is 2.40 bits per heavy atom. The molecule has 8 nitrogen and oxygen atoms in total. The number of benzene rings is 2. The van der Waals surface area contributed by atoms with E-state index in [1.807, 2.05) is 64.1 Å². The van der Waals surface area contributed by atoms with Crippen molar-refractivity contribution >= 4 is 27.5 Å². The van der Waals surface area contributed by atoms with Crippen LogP contribution in [-0.4, -0.2) is 35.8 Å². The molecule has 3 aromatic rings. The number of carbonyl (C=O) groups is 2. The van der Waals surface area contributed by atoms with Gasteiger partial charge in [0.05, 0.1) is 12.2 Å². The van der Waals surface area contributed by atoms with Gasteiger partial charge in [0, 0.05) is 24.8 Å². The minimum Gasteiger partial charge on any atom is -0.461 e. The number of imidazole rings is 1. The molecule has 1 saturated heterocycles. The Hall–Kier alpha value is -3.46. The lowest BCUT2D eigenvalue weighted by Gasteiger charge is -2.42. The predicted octanol–water partition coefficient (Wildman–Crippen LogP) is 5.51. The summed E-state index contributed by atoms with van der Waals surface area (Å²) in [4.78, 5) is 31.6. The molecule has 9 heteroatoms. The maximum absolute atomic E-state index is 14.2. The first-order chi connectivity index (χ1) is 18.9. The number of anilines is 1. The van der Waals surface area contributed by atoms with Gasteiger partial charge in [-0.1, -0.05) is 76.6 Å². The topological polar surface area (TPSA) is 107 Å². The van der Waals surface area contributed by atoms with Crippen LogP contribution in [0.15, 0.2) is 72.1 Å². The van der Waals surface area contributed by atoms with Crippen molar-refractivity contribution in [3.63, 3.8) is 0 Å².